The molecule has 0 amide bonds. The fourth-order valence-electron chi connectivity index (χ4n) is 2.55. The predicted octanol–water partition coefficient (Wildman–Crippen LogP) is 1.45. The van der Waals surface area contributed by atoms with Crippen LogP contribution in [0.25, 0.3) is 21.3 Å². The van der Waals surface area contributed by atoms with Crippen LogP contribution < -0.4 is 20.1 Å². The lowest BCUT2D eigenvalue weighted by Gasteiger charge is -2.15. The Bertz CT molecular complexity index is 1010. The molecule has 7 nitrogen and oxygen atoms in total. The number of carboxylic acid groups (broad SMARTS) is 1. The van der Waals surface area contributed by atoms with Crippen molar-refractivity contribution in [1.29, 1.82) is 0 Å². The Kier molecular flexibility index (Phi) is 4.45. The normalized spacial score (nSPS) is 12.1. The van der Waals surface area contributed by atoms with Gasteiger partial charge in [0.05, 0.1) is 37.9 Å². The SMILES string of the molecule is COc1ccc(-c2csc3ncn([C@@H](C)C(=O)[O-])c(=O)c23)cc1OC. The van der Waals surface area contributed by atoms with Crippen LogP contribution in [0.15, 0.2) is 34.7 Å². The first kappa shape index (κ1) is 17.0. The summed E-state index contributed by atoms with van der Waals surface area (Å²) >= 11 is 1.32. The van der Waals surface area contributed by atoms with Gasteiger partial charge in [-0.05, 0) is 24.6 Å². The topological polar surface area (TPSA) is 93.5 Å². The number of benzene rings is 1. The average molecular weight is 359 g/mol. The van der Waals surface area contributed by atoms with Crippen LogP contribution in [0.5, 0.6) is 11.5 Å². The number of carbonyl (C=O) groups is 1. The van der Waals surface area contributed by atoms with Crippen molar-refractivity contribution in [3.05, 3.63) is 40.3 Å². The molecule has 0 saturated carbocycles. The molecule has 0 radical (unpaired) electrons. The van der Waals surface area contributed by atoms with E-state index in [1.807, 2.05) is 11.4 Å². The number of methoxy groups -OCH3 is 2. The molecule has 0 N–H and O–H groups in total. The van der Waals surface area contributed by atoms with Gasteiger partial charge in [-0.1, -0.05) is 6.07 Å². The number of rotatable bonds is 5. The zero-order chi connectivity index (χ0) is 18.1. The zero-order valence-electron chi connectivity index (χ0n) is 13.8. The van der Waals surface area contributed by atoms with Crippen molar-refractivity contribution in [1.82, 2.24) is 9.55 Å². The van der Waals surface area contributed by atoms with Gasteiger partial charge in [-0.15, -0.1) is 11.3 Å². The summed E-state index contributed by atoms with van der Waals surface area (Å²) in [6.07, 6.45) is 1.24. The molecule has 1 atom stereocenters. The van der Waals surface area contributed by atoms with E-state index < -0.39 is 17.6 Å². The lowest BCUT2D eigenvalue weighted by molar-refractivity contribution is -0.309. The largest absolute Gasteiger partial charge is 0.548 e. The molecule has 130 valence electrons. The molecule has 0 bridgehead atoms. The first-order valence-electron chi connectivity index (χ1n) is 7.39. The summed E-state index contributed by atoms with van der Waals surface area (Å²) < 4.78 is 11.6. The van der Waals surface area contributed by atoms with Crippen LogP contribution in [-0.2, 0) is 4.79 Å². The van der Waals surface area contributed by atoms with Crippen LogP contribution in [0.4, 0.5) is 0 Å². The average Bonchev–Trinajstić information content (AvgIpc) is 3.05. The maximum atomic E-state index is 12.8. The number of ether oxygens (including phenoxy) is 2. The highest BCUT2D eigenvalue weighted by Crippen LogP contribution is 2.36. The van der Waals surface area contributed by atoms with Gasteiger partial charge in [-0.2, -0.15) is 0 Å². The summed E-state index contributed by atoms with van der Waals surface area (Å²) in [5.74, 6) is -0.232. The summed E-state index contributed by atoms with van der Waals surface area (Å²) in [6.45, 7) is 1.38. The molecule has 1 aromatic carbocycles. The van der Waals surface area contributed by atoms with E-state index in [0.717, 1.165) is 10.1 Å². The Hall–Kier alpha value is -2.87. The molecule has 8 heteroatoms. The maximum Gasteiger partial charge on any atom is 0.263 e. The summed E-state index contributed by atoms with van der Waals surface area (Å²) in [7, 11) is 3.07. The van der Waals surface area contributed by atoms with Crippen LogP contribution in [0.3, 0.4) is 0 Å². The number of carbonyl (C=O) groups excluding carboxylic acids is 1. The Morgan fingerprint density at radius 2 is 2.00 bits per heavy atom. The Labute approximate surface area is 147 Å². The van der Waals surface area contributed by atoms with Crippen molar-refractivity contribution in [2.75, 3.05) is 14.2 Å². The summed E-state index contributed by atoms with van der Waals surface area (Å²) in [5, 5.41) is 13.3. The third-order valence-corrected chi connectivity index (χ3v) is 4.86. The van der Waals surface area contributed by atoms with Gasteiger partial charge in [0, 0.05) is 10.9 Å². The number of thiophene rings is 1. The second kappa shape index (κ2) is 6.56. The van der Waals surface area contributed by atoms with Crippen molar-refractivity contribution < 1.29 is 19.4 Å². The number of carboxylic acids is 1. The van der Waals surface area contributed by atoms with Crippen LogP contribution in [-0.4, -0.2) is 29.7 Å². The van der Waals surface area contributed by atoms with E-state index in [1.165, 1.54) is 31.7 Å². The van der Waals surface area contributed by atoms with E-state index >= 15 is 0 Å². The number of hydrogen-bond acceptors (Lipinski definition) is 7. The standard InChI is InChI=1S/C17H16N2O5S/c1-9(17(21)22)19-8-18-15-14(16(19)20)11(7-25-15)10-4-5-12(23-2)13(6-10)24-3/h4-9H,1-3H3,(H,21,22)/p-1/t9-/m0/s1. The molecule has 0 unspecified atom stereocenters. The van der Waals surface area contributed by atoms with Crippen molar-refractivity contribution >= 4 is 27.5 Å². The highest BCUT2D eigenvalue weighted by Gasteiger charge is 2.17. The molecule has 0 aliphatic heterocycles. The molecule has 0 spiro atoms. The van der Waals surface area contributed by atoms with Crippen molar-refractivity contribution in [3.63, 3.8) is 0 Å². The van der Waals surface area contributed by atoms with E-state index in [0.29, 0.717) is 27.3 Å². The maximum absolute atomic E-state index is 12.8. The lowest BCUT2D eigenvalue weighted by atomic mass is 10.1. The number of hydrogen-bond donors (Lipinski definition) is 0. The smallest absolute Gasteiger partial charge is 0.263 e. The summed E-state index contributed by atoms with van der Waals surface area (Å²) in [6, 6.07) is 4.21. The third-order valence-electron chi connectivity index (χ3n) is 3.97. The highest BCUT2D eigenvalue weighted by molar-refractivity contribution is 7.17. The van der Waals surface area contributed by atoms with E-state index in [9.17, 15) is 14.7 Å². The number of aromatic nitrogens is 2. The highest BCUT2D eigenvalue weighted by atomic mass is 32.1. The molecular formula is C17H15N2O5S-. The van der Waals surface area contributed by atoms with Crippen LogP contribution >= 0.6 is 11.3 Å². The predicted molar refractivity (Wildman–Crippen MR) is 92.1 cm³/mol. The second-order valence-electron chi connectivity index (χ2n) is 5.35. The first-order valence-corrected chi connectivity index (χ1v) is 8.27. The lowest BCUT2D eigenvalue weighted by Crippen LogP contribution is -2.36. The van der Waals surface area contributed by atoms with E-state index in [4.69, 9.17) is 9.47 Å². The molecule has 0 fully saturated rings. The first-order chi connectivity index (χ1) is 12.0. The molecular weight excluding hydrogens is 344 g/mol. The Morgan fingerprint density at radius 3 is 2.64 bits per heavy atom. The van der Waals surface area contributed by atoms with E-state index in [1.54, 1.807) is 19.2 Å². The summed E-state index contributed by atoms with van der Waals surface area (Å²) in [5.41, 5.74) is 0.993. The van der Waals surface area contributed by atoms with E-state index in [2.05, 4.69) is 4.98 Å². The number of nitrogens with zero attached hydrogens (tertiary/aromatic N) is 2. The van der Waals surface area contributed by atoms with Crippen molar-refractivity contribution in [2.45, 2.75) is 13.0 Å². The fraction of sp³-hybridized carbons (Fsp3) is 0.235. The Morgan fingerprint density at radius 1 is 1.28 bits per heavy atom. The van der Waals surface area contributed by atoms with Gasteiger partial charge >= 0.3 is 0 Å². The molecule has 0 saturated heterocycles. The molecule has 0 aliphatic rings. The third kappa shape index (κ3) is 2.85. The van der Waals surface area contributed by atoms with Gasteiger partial charge < -0.3 is 19.4 Å². The van der Waals surface area contributed by atoms with Gasteiger partial charge in [0.2, 0.25) is 0 Å². The van der Waals surface area contributed by atoms with Crippen LogP contribution in [0, 0.1) is 0 Å². The summed E-state index contributed by atoms with van der Waals surface area (Å²) in [4.78, 5) is 28.6. The van der Waals surface area contributed by atoms with Crippen LogP contribution in [0.1, 0.15) is 13.0 Å². The van der Waals surface area contributed by atoms with Gasteiger partial charge in [-0.3, -0.25) is 9.36 Å². The Balaban J connectivity index is 2.23. The van der Waals surface area contributed by atoms with Gasteiger partial charge in [0.15, 0.2) is 11.5 Å². The molecule has 2 heterocycles. The fourth-order valence-corrected chi connectivity index (χ4v) is 3.46. The van der Waals surface area contributed by atoms with Crippen molar-refractivity contribution in [2.24, 2.45) is 0 Å². The van der Waals surface area contributed by atoms with Gasteiger partial charge in [0.1, 0.15) is 4.83 Å². The minimum Gasteiger partial charge on any atom is -0.548 e. The molecule has 25 heavy (non-hydrogen) atoms. The number of fused-ring (bicyclic) bond motifs is 1. The van der Waals surface area contributed by atoms with Gasteiger partial charge in [-0.25, -0.2) is 4.98 Å². The second-order valence-corrected chi connectivity index (χ2v) is 6.21. The minimum absolute atomic E-state index is 0.368. The quantitative estimate of drug-likeness (QED) is 0.684. The van der Waals surface area contributed by atoms with Gasteiger partial charge in [0.25, 0.3) is 5.56 Å². The molecule has 3 rings (SSSR count). The van der Waals surface area contributed by atoms with E-state index in [-0.39, 0.29) is 0 Å². The number of aliphatic carboxylic acids is 1. The van der Waals surface area contributed by atoms with Crippen molar-refractivity contribution in [3.8, 4) is 22.6 Å². The molecule has 2 aromatic heterocycles. The zero-order valence-corrected chi connectivity index (χ0v) is 14.6. The monoisotopic (exact) mass is 359 g/mol. The molecule has 3 aromatic rings. The minimum atomic E-state index is -1.34. The molecule has 0 aliphatic carbocycles. The van der Waals surface area contributed by atoms with Crippen LogP contribution in [0.2, 0.25) is 0 Å².